The number of H-pyrrole nitrogens is 1. The lowest BCUT2D eigenvalue weighted by Gasteiger charge is -2.51. The molecule has 0 unspecified atom stereocenters. The van der Waals surface area contributed by atoms with Gasteiger partial charge in [0.05, 0.1) is 18.6 Å². The van der Waals surface area contributed by atoms with Crippen LogP contribution in [0.5, 0.6) is 0 Å². The van der Waals surface area contributed by atoms with Crippen molar-refractivity contribution in [2.45, 2.75) is 32.7 Å². The number of aryl methyl sites for hydroxylation is 1. The molecule has 0 saturated carbocycles. The summed E-state index contributed by atoms with van der Waals surface area (Å²) in [5, 5.41) is 9.98. The van der Waals surface area contributed by atoms with E-state index in [0.29, 0.717) is 17.9 Å². The van der Waals surface area contributed by atoms with E-state index in [1.807, 2.05) is 0 Å². The molecule has 2 N–H and O–H groups in total. The lowest BCUT2D eigenvalue weighted by molar-refractivity contribution is -0.0467. The summed E-state index contributed by atoms with van der Waals surface area (Å²) in [6, 6.07) is 0. The summed E-state index contributed by atoms with van der Waals surface area (Å²) in [7, 11) is 1.76. The van der Waals surface area contributed by atoms with Crippen LogP contribution in [0, 0.1) is 18.3 Å². The highest BCUT2D eigenvalue weighted by atomic mass is 16.5. The van der Waals surface area contributed by atoms with E-state index in [-0.39, 0.29) is 0 Å². The van der Waals surface area contributed by atoms with Crippen molar-refractivity contribution in [2.75, 3.05) is 53.0 Å². The Labute approximate surface area is 145 Å². The fraction of sp³-hybridized carbons (Fsp3) is 0.833. The van der Waals surface area contributed by atoms with E-state index in [9.17, 15) is 5.11 Å². The average Bonchev–Trinajstić information content (AvgIpc) is 3.01. The van der Waals surface area contributed by atoms with E-state index >= 15 is 0 Å². The number of nitrogens with zero attached hydrogens (tertiary/aromatic N) is 3. The number of imidazole rings is 1. The third kappa shape index (κ3) is 3.82. The Hall–Kier alpha value is -0.950. The molecule has 136 valence electrons. The van der Waals surface area contributed by atoms with Gasteiger partial charge in [0, 0.05) is 45.0 Å². The van der Waals surface area contributed by atoms with Crippen LogP contribution in [-0.2, 0) is 11.3 Å². The highest BCUT2D eigenvalue weighted by Gasteiger charge is 2.44. The number of hydrogen-bond donors (Lipinski definition) is 2. The Morgan fingerprint density at radius 1 is 1.29 bits per heavy atom. The minimum Gasteiger partial charge on any atom is -0.396 e. The van der Waals surface area contributed by atoms with Crippen molar-refractivity contribution in [1.29, 1.82) is 0 Å². The molecule has 6 nitrogen and oxygen atoms in total. The Morgan fingerprint density at radius 3 is 2.58 bits per heavy atom. The SMILES string of the molecule is COCCN1CCC2(CCN(Cc3nc[nH]c3C)CC2)[C@@H](CO)C1. The zero-order valence-electron chi connectivity index (χ0n) is 15.1. The molecule has 0 radical (unpaired) electrons. The van der Waals surface area contributed by atoms with Crippen molar-refractivity contribution in [3.05, 3.63) is 17.7 Å². The molecule has 2 saturated heterocycles. The van der Waals surface area contributed by atoms with Gasteiger partial charge < -0.3 is 19.7 Å². The van der Waals surface area contributed by atoms with Crippen LogP contribution in [0.1, 0.15) is 30.7 Å². The summed E-state index contributed by atoms with van der Waals surface area (Å²) in [4.78, 5) is 12.6. The van der Waals surface area contributed by atoms with Crippen LogP contribution in [-0.4, -0.2) is 77.9 Å². The minimum absolute atomic E-state index is 0.307. The first-order valence-corrected chi connectivity index (χ1v) is 9.20. The van der Waals surface area contributed by atoms with Crippen molar-refractivity contribution < 1.29 is 9.84 Å². The number of aliphatic hydroxyl groups excluding tert-OH is 1. The topological polar surface area (TPSA) is 64.6 Å². The average molecular weight is 336 g/mol. The van der Waals surface area contributed by atoms with Gasteiger partial charge in [0.25, 0.3) is 0 Å². The highest BCUT2D eigenvalue weighted by Crippen LogP contribution is 2.45. The predicted molar refractivity (Wildman–Crippen MR) is 93.8 cm³/mol. The Bertz CT molecular complexity index is 511. The quantitative estimate of drug-likeness (QED) is 0.819. The minimum atomic E-state index is 0.307. The molecule has 1 aromatic heterocycles. The summed E-state index contributed by atoms with van der Waals surface area (Å²) in [5.74, 6) is 0.400. The number of rotatable bonds is 6. The molecule has 3 heterocycles. The van der Waals surface area contributed by atoms with Crippen molar-refractivity contribution in [3.63, 3.8) is 0 Å². The zero-order valence-corrected chi connectivity index (χ0v) is 15.1. The molecule has 2 aliphatic heterocycles. The number of nitrogens with one attached hydrogen (secondary N) is 1. The van der Waals surface area contributed by atoms with Gasteiger partial charge in [0.2, 0.25) is 0 Å². The molecular formula is C18H32N4O2. The summed E-state index contributed by atoms with van der Waals surface area (Å²) >= 11 is 0. The second kappa shape index (κ2) is 7.95. The molecule has 0 amide bonds. The van der Waals surface area contributed by atoms with Crippen molar-refractivity contribution in [2.24, 2.45) is 11.3 Å². The maximum Gasteiger partial charge on any atom is 0.0925 e. The van der Waals surface area contributed by atoms with Crippen LogP contribution in [0.4, 0.5) is 0 Å². The van der Waals surface area contributed by atoms with Gasteiger partial charge in [0.15, 0.2) is 0 Å². The number of aromatic nitrogens is 2. The highest BCUT2D eigenvalue weighted by molar-refractivity contribution is 5.09. The fourth-order valence-corrected chi connectivity index (χ4v) is 4.43. The van der Waals surface area contributed by atoms with Crippen molar-refractivity contribution in [1.82, 2.24) is 19.8 Å². The van der Waals surface area contributed by atoms with Crippen LogP contribution in [0.25, 0.3) is 0 Å². The van der Waals surface area contributed by atoms with Crippen molar-refractivity contribution >= 4 is 0 Å². The predicted octanol–water partition coefficient (Wildman–Crippen LogP) is 1.26. The van der Waals surface area contributed by atoms with Gasteiger partial charge >= 0.3 is 0 Å². The summed E-state index contributed by atoms with van der Waals surface area (Å²) < 4.78 is 5.20. The lowest BCUT2D eigenvalue weighted by atomic mass is 9.64. The molecule has 2 fully saturated rings. The van der Waals surface area contributed by atoms with Crippen molar-refractivity contribution in [3.8, 4) is 0 Å². The molecule has 0 aliphatic carbocycles. The Kier molecular flexibility index (Phi) is 5.92. The maximum atomic E-state index is 9.98. The second-order valence-corrected chi connectivity index (χ2v) is 7.54. The summed E-state index contributed by atoms with van der Waals surface area (Å²) in [5.41, 5.74) is 2.67. The van der Waals surface area contributed by atoms with E-state index in [1.165, 1.54) is 30.7 Å². The molecule has 6 heteroatoms. The molecule has 0 aromatic carbocycles. The van der Waals surface area contributed by atoms with E-state index in [4.69, 9.17) is 4.74 Å². The van der Waals surface area contributed by atoms with E-state index in [1.54, 1.807) is 13.4 Å². The summed E-state index contributed by atoms with van der Waals surface area (Å²) in [6.45, 7) is 9.47. The smallest absolute Gasteiger partial charge is 0.0925 e. The lowest BCUT2D eigenvalue weighted by Crippen LogP contribution is -2.53. The number of piperidine rings is 2. The number of hydrogen-bond acceptors (Lipinski definition) is 5. The fourth-order valence-electron chi connectivity index (χ4n) is 4.43. The van der Waals surface area contributed by atoms with E-state index in [0.717, 1.165) is 45.9 Å². The van der Waals surface area contributed by atoms with Gasteiger partial charge in [-0.25, -0.2) is 4.98 Å². The zero-order chi connectivity index (χ0) is 17.0. The molecule has 1 aromatic rings. The number of methoxy groups -OCH3 is 1. The van der Waals surface area contributed by atoms with Gasteiger partial charge in [-0.1, -0.05) is 0 Å². The molecule has 24 heavy (non-hydrogen) atoms. The van der Waals surface area contributed by atoms with Crippen LogP contribution in [0.3, 0.4) is 0 Å². The first-order valence-electron chi connectivity index (χ1n) is 9.20. The molecule has 2 aliphatic rings. The van der Waals surface area contributed by atoms with Gasteiger partial charge in [0.1, 0.15) is 0 Å². The third-order valence-electron chi connectivity index (χ3n) is 6.26. The second-order valence-electron chi connectivity index (χ2n) is 7.54. The first-order chi connectivity index (χ1) is 11.7. The van der Waals surface area contributed by atoms with E-state index < -0.39 is 0 Å². The molecular weight excluding hydrogens is 304 g/mol. The third-order valence-corrected chi connectivity index (χ3v) is 6.26. The maximum absolute atomic E-state index is 9.98. The van der Waals surface area contributed by atoms with Crippen LogP contribution in [0.15, 0.2) is 6.33 Å². The van der Waals surface area contributed by atoms with Gasteiger partial charge in [-0.2, -0.15) is 0 Å². The molecule has 0 bridgehead atoms. The van der Waals surface area contributed by atoms with Crippen LogP contribution >= 0.6 is 0 Å². The molecule has 1 atom stereocenters. The first kappa shape index (κ1) is 17.9. The number of aromatic amines is 1. The van der Waals surface area contributed by atoms with Crippen LogP contribution in [0.2, 0.25) is 0 Å². The summed E-state index contributed by atoms with van der Waals surface area (Å²) in [6.07, 6.45) is 5.38. The Morgan fingerprint density at radius 2 is 2.00 bits per heavy atom. The number of ether oxygens (including phenoxy) is 1. The number of aliphatic hydroxyl groups is 1. The normalized spacial score (nSPS) is 25.4. The van der Waals surface area contributed by atoms with Crippen LogP contribution < -0.4 is 0 Å². The van der Waals surface area contributed by atoms with Gasteiger partial charge in [-0.15, -0.1) is 0 Å². The number of likely N-dealkylation sites (tertiary alicyclic amines) is 2. The van der Waals surface area contributed by atoms with Gasteiger partial charge in [-0.3, -0.25) is 4.90 Å². The molecule has 1 spiro atoms. The van der Waals surface area contributed by atoms with E-state index in [2.05, 4.69) is 26.7 Å². The largest absolute Gasteiger partial charge is 0.396 e. The monoisotopic (exact) mass is 336 g/mol. The Balaban J connectivity index is 1.55. The standard InChI is InChI=1S/C18H32N4O2/c1-15-17(20-14-19-15)12-21-6-3-18(4-7-21)5-8-22(9-10-24-2)11-16(18)13-23/h14,16,23H,3-13H2,1-2H3,(H,19,20)/t16-/m1/s1. The van der Waals surface area contributed by atoms with Gasteiger partial charge in [-0.05, 0) is 51.2 Å². The molecule has 3 rings (SSSR count).